The van der Waals surface area contributed by atoms with Crippen molar-refractivity contribution in [3.63, 3.8) is 0 Å². The van der Waals surface area contributed by atoms with Crippen LogP contribution in [0.2, 0.25) is 0 Å². The minimum absolute atomic E-state index is 0.208. The van der Waals surface area contributed by atoms with Gasteiger partial charge in [-0.05, 0) is 31.4 Å². The summed E-state index contributed by atoms with van der Waals surface area (Å²) in [6.45, 7) is 7.22. The summed E-state index contributed by atoms with van der Waals surface area (Å²) < 4.78 is 0. The first kappa shape index (κ1) is 13.4. The van der Waals surface area contributed by atoms with Crippen molar-refractivity contribution >= 4 is 11.8 Å². The summed E-state index contributed by atoms with van der Waals surface area (Å²) >= 11 is 0. The maximum atomic E-state index is 12.2. The lowest BCUT2D eigenvalue weighted by molar-refractivity contribution is -0.141. The fraction of sp³-hybridized carbons (Fsp3) is 0.429. The summed E-state index contributed by atoms with van der Waals surface area (Å²) in [5.74, 6) is -2.52. The van der Waals surface area contributed by atoms with E-state index in [1.165, 1.54) is 0 Å². The van der Waals surface area contributed by atoms with Gasteiger partial charge in [0.25, 0.3) is 0 Å². The quantitative estimate of drug-likeness (QED) is 0.643. The van der Waals surface area contributed by atoms with Gasteiger partial charge in [-0.15, -0.1) is 0 Å². The third kappa shape index (κ3) is 2.93. The summed E-state index contributed by atoms with van der Waals surface area (Å²) in [5.41, 5.74) is 2.31. The molecule has 3 nitrogen and oxygen atoms in total. The summed E-state index contributed by atoms with van der Waals surface area (Å²) in [5, 5.41) is 9.11. The Labute approximate surface area is 101 Å². The standard InChI is InChI=1S/C14H18O3/c1-8(2)12(14(16)17)13(15)11-7-9(3)5-6-10(11)4/h5-8,12H,1-4H3,(H,16,17). The summed E-state index contributed by atoms with van der Waals surface area (Å²) in [4.78, 5) is 23.4. The van der Waals surface area contributed by atoms with Crippen molar-refractivity contribution in [3.8, 4) is 0 Å². The summed E-state index contributed by atoms with van der Waals surface area (Å²) in [7, 11) is 0. The molecule has 0 aromatic heterocycles. The molecule has 1 aromatic rings. The molecule has 0 fully saturated rings. The SMILES string of the molecule is Cc1ccc(C)c(C(=O)C(C(=O)O)C(C)C)c1. The highest BCUT2D eigenvalue weighted by atomic mass is 16.4. The molecule has 17 heavy (non-hydrogen) atoms. The normalized spacial score (nSPS) is 12.5. The molecule has 0 aliphatic heterocycles. The Kier molecular flexibility index (Phi) is 4.05. The molecular formula is C14H18O3. The van der Waals surface area contributed by atoms with Crippen LogP contribution >= 0.6 is 0 Å². The third-order valence-corrected chi connectivity index (χ3v) is 2.87. The summed E-state index contributed by atoms with van der Waals surface area (Å²) in [6.07, 6.45) is 0. The number of rotatable bonds is 4. The van der Waals surface area contributed by atoms with E-state index in [0.717, 1.165) is 11.1 Å². The number of carboxylic acids is 1. The van der Waals surface area contributed by atoms with Crippen LogP contribution in [-0.4, -0.2) is 16.9 Å². The fourth-order valence-corrected chi connectivity index (χ4v) is 1.87. The van der Waals surface area contributed by atoms with Gasteiger partial charge in [-0.3, -0.25) is 9.59 Å². The molecule has 0 amide bonds. The Hall–Kier alpha value is -1.64. The molecule has 0 saturated heterocycles. The molecule has 0 spiro atoms. The smallest absolute Gasteiger partial charge is 0.314 e. The molecular weight excluding hydrogens is 216 g/mol. The second-order valence-corrected chi connectivity index (χ2v) is 4.74. The van der Waals surface area contributed by atoms with Gasteiger partial charge in [0.15, 0.2) is 5.78 Å². The number of hydrogen-bond acceptors (Lipinski definition) is 2. The number of ketones is 1. The second-order valence-electron chi connectivity index (χ2n) is 4.74. The second kappa shape index (κ2) is 5.13. The van der Waals surface area contributed by atoms with E-state index in [2.05, 4.69) is 0 Å². The Balaban J connectivity index is 3.18. The van der Waals surface area contributed by atoms with E-state index in [-0.39, 0.29) is 11.7 Å². The van der Waals surface area contributed by atoms with E-state index < -0.39 is 11.9 Å². The van der Waals surface area contributed by atoms with Crippen LogP contribution in [0.3, 0.4) is 0 Å². The van der Waals surface area contributed by atoms with Crippen LogP contribution in [0.5, 0.6) is 0 Å². The highest BCUT2D eigenvalue weighted by Gasteiger charge is 2.31. The zero-order valence-corrected chi connectivity index (χ0v) is 10.7. The van der Waals surface area contributed by atoms with Gasteiger partial charge in [-0.2, -0.15) is 0 Å². The van der Waals surface area contributed by atoms with E-state index >= 15 is 0 Å². The van der Waals surface area contributed by atoms with Crippen molar-refractivity contribution in [2.45, 2.75) is 27.7 Å². The lowest BCUT2D eigenvalue weighted by Gasteiger charge is -2.16. The molecule has 0 bridgehead atoms. The topological polar surface area (TPSA) is 54.4 Å². The number of hydrogen-bond donors (Lipinski definition) is 1. The maximum Gasteiger partial charge on any atom is 0.314 e. The van der Waals surface area contributed by atoms with Crippen molar-refractivity contribution in [3.05, 3.63) is 34.9 Å². The molecule has 0 saturated carbocycles. The zero-order valence-electron chi connectivity index (χ0n) is 10.7. The first-order valence-electron chi connectivity index (χ1n) is 5.69. The molecule has 1 aromatic carbocycles. The van der Waals surface area contributed by atoms with Gasteiger partial charge in [0.1, 0.15) is 5.92 Å². The average Bonchev–Trinajstić information content (AvgIpc) is 2.20. The number of carbonyl (C=O) groups excluding carboxylic acids is 1. The highest BCUT2D eigenvalue weighted by Crippen LogP contribution is 2.21. The number of carboxylic acid groups (broad SMARTS) is 1. The van der Waals surface area contributed by atoms with Gasteiger partial charge >= 0.3 is 5.97 Å². The molecule has 0 heterocycles. The third-order valence-electron chi connectivity index (χ3n) is 2.87. The van der Waals surface area contributed by atoms with Crippen molar-refractivity contribution < 1.29 is 14.7 Å². The molecule has 1 unspecified atom stereocenters. The Bertz CT molecular complexity index is 447. The lowest BCUT2D eigenvalue weighted by Crippen LogP contribution is -2.29. The first-order valence-corrected chi connectivity index (χ1v) is 5.69. The van der Waals surface area contributed by atoms with E-state index in [0.29, 0.717) is 5.56 Å². The molecule has 3 heteroatoms. The highest BCUT2D eigenvalue weighted by molar-refractivity contribution is 6.09. The number of benzene rings is 1. The molecule has 92 valence electrons. The van der Waals surface area contributed by atoms with Crippen LogP contribution in [0.4, 0.5) is 0 Å². The number of aliphatic carboxylic acids is 1. The Morgan fingerprint density at radius 1 is 1.18 bits per heavy atom. The zero-order chi connectivity index (χ0) is 13.2. The van der Waals surface area contributed by atoms with Gasteiger partial charge in [0, 0.05) is 5.56 Å². The van der Waals surface area contributed by atoms with Crippen LogP contribution in [0.1, 0.15) is 35.3 Å². The van der Waals surface area contributed by atoms with Gasteiger partial charge in [0.2, 0.25) is 0 Å². The van der Waals surface area contributed by atoms with Crippen molar-refractivity contribution in [2.75, 3.05) is 0 Å². The van der Waals surface area contributed by atoms with Gasteiger partial charge < -0.3 is 5.11 Å². The molecule has 1 N–H and O–H groups in total. The Morgan fingerprint density at radius 3 is 2.24 bits per heavy atom. The lowest BCUT2D eigenvalue weighted by atomic mass is 9.86. The van der Waals surface area contributed by atoms with Crippen molar-refractivity contribution in [1.29, 1.82) is 0 Å². The summed E-state index contributed by atoms with van der Waals surface area (Å²) in [6, 6.07) is 5.52. The molecule has 1 rings (SSSR count). The van der Waals surface area contributed by atoms with E-state index in [9.17, 15) is 9.59 Å². The van der Waals surface area contributed by atoms with E-state index in [4.69, 9.17) is 5.11 Å². The maximum absolute atomic E-state index is 12.2. The predicted molar refractivity (Wildman–Crippen MR) is 66.2 cm³/mol. The van der Waals surface area contributed by atoms with Gasteiger partial charge in [0.05, 0.1) is 0 Å². The molecule has 0 aliphatic carbocycles. The number of aryl methyl sites for hydroxylation is 2. The Morgan fingerprint density at radius 2 is 1.76 bits per heavy atom. The van der Waals surface area contributed by atoms with E-state index in [1.54, 1.807) is 19.9 Å². The fourth-order valence-electron chi connectivity index (χ4n) is 1.87. The van der Waals surface area contributed by atoms with E-state index in [1.807, 2.05) is 26.0 Å². The van der Waals surface area contributed by atoms with Crippen LogP contribution in [-0.2, 0) is 4.79 Å². The predicted octanol–water partition coefficient (Wildman–Crippen LogP) is 2.84. The average molecular weight is 234 g/mol. The van der Waals surface area contributed by atoms with Gasteiger partial charge in [-0.25, -0.2) is 0 Å². The van der Waals surface area contributed by atoms with Crippen LogP contribution in [0.15, 0.2) is 18.2 Å². The minimum atomic E-state index is -1.05. The van der Waals surface area contributed by atoms with Crippen LogP contribution in [0.25, 0.3) is 0 Å². The number of carbonyl (C=O) groups is 2. The van der Waals surface area contributed by atoms with Crippen LogP contribution < -0.4 is 0 Å². The van der Waals surface area contributed by atoms with Crippen LogP contribution in [0, 0.1) is 25.7 Å². The monoisotopic (exact) mass is 234 g/mol. The van der Waals surface area contributed by atoms with Crippen molar-refractivity contribution in [1.82, 2.24) is 0 Å². The number of Topliss-reactive ketones (excluding diaryl/α,β-unsaturated/α-hetero) is 1. The minimum Gasteiger partial charge on any atom is -0.481 e. The molecule has 1 atom stereocenters. The molecule has 0 radical (unpaired) electrons. The van der Waals surface area contributed by atoms with Gasteiger partial charge in [-0.1, -0.05) is 31.5 Å². The largest absolute Gasteiger partial charge is 0.481 e. The first-order chi connectivity index (χ1) is 7.84. The molecule has 0 aliphatic rings. The van der Waals surface area contributed by atoms with Crippen molar-refractivity contribution in [2.24, 2.45) is 11.8 Å².